The van der Waals surface area contributed by atoms with Gasteiger partial charge in [-0.1, -0.05) is 12.1 Å². The van der Waals surface area contributed by atoms with Gasteiger partial charge in [0.2, 0.25) is 15.7 Å². The first-order valence-electron chi connectivity index (χ1n) is 5.97. The zero-order valence-corrected chi connectivity index (χ0v) is 12.9. The summed E-state index contributed by atoms with van der Waals surface area (Å²) in [7, 11) is -4.79. The van der Waals surface area contributed by atoms with Crippen LogP contribution < -0.4 is 11.1 Å². The van der Waals surface area contributed by atoms with Crippen molar-refractivity contribution in [3.05, 3.63) is 24.3 Å². The second-order valence-electron chi connectivity index (χ2n) is 4.18. The van der Waals surface area contributed by atoms with Crippen LogP contribution in [0.4, 0.5) is 14.5 Å². The van der Waals surface area contributed by atoms with Crippen LogP contribution in [0.1, 0.15) is 6.42 Å². The van der Waals surface area contributed by atoms with E-state index in [9.17, 15) is 22.0 Å². The molecule has 0 aromatic heterocycles. The normalized spacial score (nSPS) is 13.2. The van der Waals surface area contributed by atoms with Crippen LogP contribution in [0.5, 0.6) is 0 Å². The van der Waals surface area contributed by atoms with Gasteiger partial charge >= 0.3 is 5.76 Å². The number of benzene rings is 1. The molecule has 0 unspecified atom stereocenters. The maximum atomic E-state index is 12.6. The summed E-state index contributed by atoms with van der Waals surface area (Å²) in [4.78, 5) is 11.2. The lowest BCUT2D eigenvalue weighted by atomic mass is 10.2. The van der Waals surface area contributed by atoms with Crippen molar-refractivity contribution in [1.29, 1.82) is 0 Å². The van der Waals surface area contributed by atoms with E-state index in [1.54, 1.807) is 0 Å². The summed E-state index contributed by atoms with van der Waals surface area (Å²) in [6.45, 7) is 0. The molecule has 0 aliphatic heterocycles. The molecule has 21 heavy (non-hydrogen) atoms. The van der Waals surface area contributed by atoms with E-state index in [0.717, 1.165) is 6.07 Å². The van der Waals surface area contributed by atoms with Gasteiger partial charge in [-0.2, -0.15) is 20.5 Å². The third-order valence-corrected chi connectivity index (χ3v) is 4.74. The van der Waals surface area contributed by atoms with Gasteiger partial charge < -0.3 is 11.1 Å². The topological polar surface area (TPSA) is 89.3 Å². The molecule has 0 radical (unpaired) electrons. The van der Waals surface area contributed by atoms with Gasteiger partial charge in [-0.05, 0) is 30.6 Å². The van der Waals surface area contributed by atoms with Crippen LogP contribution in [0.25, 0.3) is 0 Å². The van der Waals surface area contributed by atoms with Gasteiger partial charge in [0.15, 0.2) is 0 Å². The highest BCUT2D eigenvalue weighted by atomic mass is 32.2. The highest BCUT2D eigenvalue weighted by molar-refractivity contribution is 7.98. The van der Waals surface area contributed by atoms with E-state index in [0.29, 0.717) is 12.2 Å². The maximum absolute atomic E-state index is 12.6. The molecule has 1 rings (SSSR count). The molecule has 1 aromatic carbocycles. The summed E-state index contributed by atoms with van der Waals surface area (Å²) in [5, 5.41) is 2.29. The van der Waals surface area contributed by atoms with Crippen molar-refractivity contribution in [1.82, 2.24) is 0 Å². The van der Waals surface area contributed by atoms with Crippen LogP contribution in [0.3, 0.4) is 0 Å². The van der Waals surface area contributed by atoms with Crippen LogP contribution in [-0.4, -0.2) is 38.1 Å². The fourth-order valence-corrected chi connectivity index (χ4v) is 2.89. The number of anilines is 1. The van der Waals surface area contributed by atoms with Crippen molar-refractivity contribution in [2.24, 2.45) is 5.73 Å². The lowest BCUT2D eigenvalue weighted by Gasteiger charge is -2.14. The van der Waals surface area contributed by atoms with Crippen LogP contribution in [0.2, 0.25) is 0 Å². The molecule has 1 atom stereocenters. The van der Waals surface area contributed by atoms with Crippen LogP contribution in [0, 0.1) is 0 Å². The van der Waals surface area contributed by atoms with Crippen LogP contribution in [-0.2, 0) is 14.6 Å². The molecule has 1 amide bonds. The van der Waals surface area contributed by atoms with Crippen molar-refractivity contribution >= 4 is 33.2 Å². The highest BCUT2D eigenvalue weighted by Crippen LogP contribution is 2.26. The number of halogens is 2. The number of alkyl halides is 2. The van der Waals surface area contributed by atoms with Gasteiger partial charge in [-0.25, -0.2) is 8.42 Å². The largest absolute Gasteiger partial charge is 0.341 e. The molecule has 5 nitrogen and oxygen atoms in total. The summed E-state index contributed by atoms with van der Waals surface area (Å²) in [6.07, 6.45) is 2.26. The third-order valence-electron chi connectivity index (χ3n) is 2.66. The Labute approximate surface area is 126 Å². The molecule has 1 aromatic rings. The fourth-order valence-electron chi connectivity index (χ4n) is 1.52. The molecule has 118 valence electrons. The Morgan fingerprint density at radius 3 is 2.57 bits per heavy atom. The number of sulfone groups is 1. The van der Waals surface area contributed by atoms with Gasteiger partial charge in [0.25, 0.3) is 0 Å². The minimum atomic E-state index is -4.79. The molecular weight excluding hydrogens is 322 g/mol. The predicted octanol–water partition coefficient (Wildman–Crippen LogP) is 1.70. The first-order chi connectivity index (χ1) is 9.80. The molecule has 0 aliphatic carbocycles. The number of amides is 1. The number of thioether (sulfide) groups is 1. The number of nitrogens with one attached hydrogen (secondary N) is 1. The van der Waals surface area contributed by atoms with Crippen LogP contribution >= 0.6 is 11.8 Å². The lowest BCUT2D eigenvalue weighted by molar-refractivity contribution is -0.117. The fraction of sp³-hybridized carbons (Fsp3) is 0.417. The standard InChI is InChI=1S/C12H16F2N2O3S2/c1-20-7-6-8(15)11(17)16-9-4-2-3-5-10(9)21(18,19)12(13)14/h2-5,8,12H,6-7,15H2,1H3,(H,16,17)/t8-/m0/s1. The van der Waals surface area contributed by atoms with Gasteiger partial charge in [0.1, 0.15) is 0 Å². The van der Waals surface area contributed by atoms with Gasteiger partial charge in [0.05, 0.1) is 16.6 Å². The number of para-hydroxylation sites is 1. The molecule has 0 spiro atoms. The predicted molar refractivity (Wildman–Crippen MR) is 79.2 cm³/mol. The van der Waals surface area contributed by atoms with Crippen molar-refractivity contribution in [3.63, 3.8) is 0 Å². The first-order valence-corrected chi connectivity index (χ1v) is 8.91. The van der Waals surface area contributed by atoms with Crippen molar-refractivity contribution in [2.75, 3.05) is 17.3 Å². The second kappa shape index (κ2) is 7.71. The Bertz CT molecular complexity index is 594. The number of carbonyl (C=O) groups excluding carboxylic acids is 1. The number of rotatable bonds is 7. The summed E-state index contributed by atoms with van der Waals surface area (Å²) in [6, 6.07) is 4.17. The van der Waals surface area contributed by atoms with Gasteiger partial charge in [-0.3, -0.25) is 4.79 Å². The molecule has 0 aliphatic rings. The first kappa shape index (κ1) is 17.9. The minimum absolute atomic E-state index is 0.192. The Morgan fingerprint density at radius 1 is 1.38 bits per heavy atom. The Hall–Kier alpha value is -1.19. The summed E-state index contributed by atoms with van der Waals surface area (Å²) >= 11 is 1.51. The zero-order valence-electron chi connectivity index (χ0n) is 11.3. The van der Waals surface area contributed by atoms with E-state index in [1.165, 1.54) is 30.0 Å². The SMILES string of the molecule is CSCC[C@H](N)C(=O)Nc1ccccc1S(=O)(=O)C(F)F. The van der Waals surface area contributed by atoms with E-state index >= 15 is 0 Å². The zero-order chi connectivity index (χ0) is 16.0. The smallest absolute Gasteiger partial charge is 0.324 e. The Kier molecular flexibility index (Phi) is 6.56. The average molecular weight is 338 g/mol. The molecule has 0 saturated carbocycles. The molecular formula is C12H16F2N2O3S2. The number of carbonyl (C=O) groups is 1. The monoisotopic (exact) mass is 338 g/mol. The molecule has 0 bridgehead atoms. The average Bonchev–Trinajstić information content (AvgIpc) is 2.44. The lowest BCUT2D eigenvalue weighted by Crippen LogP contribution is -2.36. The summed E-state index contributed by atoms with van der Waals surface area (Å²) in [5.74, 6) is -3.51. The van der Waals surface area contributed by atoms with E-state index in [4.69, 9.17) is 5.73 Å². The number of hydrogen-bond donors (Lipinski definition) is 2. The van der Waals surface area contributed by atoms with E-state index < -0.39 is 32.4 Å². The van der Waals surface area contributed by atoms with Crippen molar-refractivity contribution in [3.8, 4) is 0 Å². The molecule has 0 heterocycles. The minimum Gasteiger partial charge on any atom is -0.324 e. The summed E-state index contributed by atoms with van der Waals surface area (Å²) < 4.78 is 48.3. The summed E-state index contributed by atoms with van der Waals surface area (Å²) in [5.41, 5.74) is 5.45. The van der Waals surface area contributed by atoms with Crippen molar-refractivity contribution < 1.29 is 22.0 Å². The molecule has 0 saturated heterocycles. The van der Waals surface area contributed by atoms with Crippen molar-refractivity contribution in [2.45, 2.75) is 23.1 Å². The highest BCUT2D eigenvalue weighted by Gasteiger charge is 2.29. The maximum Gasteiger partial charge on any atom is 0.341 e. The third kappa shape index (κ3) is 4.65. The molecule has 0 fully saturated rings. The van der Waals surface area contributed by atoms with E-state index in [-0.39, 0.29) is 5.69 Å². The Balaban J connectivity index is 2.98. The Morgan fingerprint density at radius 2 is 2.00 bits per heavy atom. The molecule has 3 N–H and O–H groups in total. The van der Waals surface area contributed by atoms with E-state index in [2.05, 4.69) is 5.32 Å². The second-order valence-corrected chi connectivity index (χ2v) is 7.05. The quantitative estimate of drug-likeness (QED) is 0.790. The van der Waals surface area contributed by atoms with Gasteiger partial charge in [0, 0.05) is 0 Å². The van der Waals surface area contributed by atoms with Crippen LogP contribution in [0.15, 0.2) is 29.2 Å². The molecule has 9 heteroatoms. The van der Waals surface area contributed by atoms with Gasteiger partial charge in [-0.15, -0.1) is 0 Å². The number of nitrogens with two attached hydrogens (primary N) is 1. The van der Waals surface area contributed by atoms with E-state index in [1.807, 2.05) is 6.26 Å². The number of hydrogen-bond acceptors (Lipinski definition) is 5.